The van der Waals surface area contributed by atoms with Crippen molar-refractivity contribution in [2.45, 2.75) is 6.18 Å². The van der Waals surface area contributed by atoms with Crippen LogP contribution in [0.15, 0.2) is 6.58 Å². The molecule has 0 fully saturated rings. The number of hydrogen-bond donors (Lipinski definition) is 1. The molecule has 0 amide bonds. The average molecular weight is 223 g/mol. The third kappa shape index (κ3) is 1.92. The molecule has 7 heteroatoms. The van der Waals surface area contributed by atoms with Gasteiger partial charge in [0.15, 0.2) is 5.69 Å². The van der Waals surface area contributed by atoms with Crippen molar-refractivity contribution in [3.8, 4) is 0 Å². The van der Waals surface area contributed by atoms with E-state index in [4.69, 9.17) is 5.11 Å². The molecule has 0 bridgehead atoms. The Morgan fingerprint density at radius 1 is 1.57 bits per heavy atom. The smallest absolute Gasteiger partial charge is 0.435 e. The Hall–Kier alpha value is -1.37. The summed E-state index contributed by atoms with van der Waals surface area (Å²) in [4.78, 5) is 12.7. The van der Waals surface area contributed by atoms with E-state index in [0.29, 0.717) is 11.3 Å². The number of carbonyl (C=O) groups is 1. The number of rotatable bonds is 2. The summed E-state index contributed by atoms with van der Waals surface area (Å²) in [6.45, 7) is 3.21. The molecule has 0 saturated carbocycles. The van der Waals surface area contributed by atoms with Gasteiger partial charge < -0.3 is 5.11 Å². The van der Waals surface area contributed by atoms with Crippen molar-refractivity contribution in [1.29, 1.82) is 0 Å². The maximum absolute atomic E-state index is 12.2. The fourth-order valence-corrected chi connectivity index (χ4v) is 1.54. The van der Waals surface area contributed by atoms with Crippen molar-refractivity contribution in [2.75, 3.05) is 0 Å². The highest BCUT2D eigenvalue weighted by Crippen LogP contribution is 2.34. The molecule has 1 heterocycles. The molecular formula is C7H4F3NO2S. The molecule has 0 atom stereocenters. The van der Waals surface area contributed by atoms with Crippen LogP contribution in [0.5, 0.6) is 0 Å². The van der Waals surface area contributed by atoms with Crippen LogP contribution in [0.3, 0.4) is 0 Å². The van der Waals surface area contributed by atoms with E-state index in [1.807, 2.05) is 0 Å². The molecule has 0 aromatic carbocycles. The first kappa shape index (κ1) is 10.7. The number of alkyl halides is 3. The van der Waals surface area contributed by atoms with E-state index < -0.39 is 22.7 Å². The number of carboxylic acids is 1. The lowest BCUT2D eigenvalue weighted by Crippen LogP contribution is -2.11. The second kappa shape index (κ2) is 3.41. The molecule has 1 aromatic heterocycles. The van der Waals surface area contributed by atoms with Crippen LogP contribution in [0, 0.1) is 0 Å². The number of aromatic carboxylic acids is 1. The lowest BCUT2D eigenvalue weighted by atomic mass is 10.3. The Morgan fingerprint density at radius 3 is 2.43 bits per heavy atom. The first-order chi connectivity index (χ1) is 6.36. The fourth-order valence-electron chi connectivity index (χ4n) is 0.761. The number of aromatic nitrogens is 1. The van der Waals surface area contributed by atoms with Gasteiger partial charge in [0, 0.05) is 0 Å². The van der Waals surface area contributed by atoms with Gasteiger partial charge in [-0.05, 0) is 6.08 Å². The van der Waals surface area contributed by atoms with Crippen molar-refractivity contribution in [1.82, 2.24) is 4.98 Å². The summed E-state index contributed by atoms with van der Waals surface area (Å²) >= 11 is 0.446. The van der Waals surface area contributed by atoms with E-state index in [1.54, 1.807) is 0 Å². The summed E-state index contributed by atoms with van der Waals surface area (Å²) in [5, 5.41) is 8.41. The SMILES string of the molecule is C=Cc1nc(C(F)(F)F)c(C(=O)O)s1. The molecule has 1 aromatic rings. The minimum absolute atomic E-state index is 0.0604. The number of hydrogen-bond acceptors (Lipinski definition) is 3. The maximum atomic E-state index is 12.2. The fraction of sp³-hybridized carbons (Fsp3) is 0.143. The van der Waals surface area contributed by atoms with Crippen LogP contribution in [-0.2, 0) is 6.18 Å². The predicted molar refractivity (Wildman–Crippen MR) is 44.2 cm³/mol. The van der Waals surface area contributed by atoms with Gasteiger partial charge in [0.25, 0.3) is 0 Å². The zero-order valence-corrected chi connectivity index (χ0v) is 7.45. The summed E-state index contributed by atoms with van der Waals surface area (Å²) in [7, 11) is 0. The van der Waals surface area contributed by atoms with Gasteiger partial charge in [-0.25, -0.2) is 9.78 Å². The molecular weight excluding hydrogens is 219 g/mol. The molecule has 0 aliphatic carbocycles. The van der Waals surface area contributed by atoms with Gasteiger partial charge in [0.2, 0.25) is 0 Å². The summed E-state index contributed by atoms with van der Waals surface area (Å²) in [5.74, 6) is -1.64. The third-order valence-corrected chi connectivity index (χ3v) is 2.32. The highest BCUT2D eigenvalue weighted by molar-refractivity contribution is 7.14. The zero-order chi connectivity index (χ0) is 10.9. The van der Waals surface area contributed by atoms with Gasteiger partial charge in [-0.2, -0.15) is 13.2 Å². The normalized spacial score (nSPS) is 11.4. The lowest BCUT2D eigenvalue weighted by Gasteiger charge is -2.02. The number of nitrogens with zero attached hydrogens (tertiary/aromatic N) is 1. The maximum Gasteiger partial charge on any atom is 0.435 e. The van der Waals surface area contributed by atoms with Crippen molar-refractivity contribution in [3.05, 3.63) is 22.2 Å². The first-order valence-electron chi connectivity index (χ1n) is 3.30. The zero-order valence-electron chi connectivity index (χ0n) is 6.63. The Kier molecular flexibility index (Phi) is 2.61. The van der Waals surface area contributed by atoms with Crippen molar-refractivity contribution in [3.63, 3.8) is 0 Å². The molecule has 3 nitrogen and oxygen atoms in total. The largest absolute Gasteiger partial charge is 0.477 e. The molecule has 0 unspecified atom stereocenters. The molecule has 0 spiro atoms. The van der Waals surface area contributed by atoms with Gasteiger partial charge in [0.05, 0.1) is 0 Å². The second-order valence-corrected chi connectivity index (χ2v) is 3.27. The summed E-state index contributed by atoms with van der Waals surface area (Å²) in [6, 6.07) is 0. The second-order valence-electron chi connectivity index (χ2n) is 2.24. The third-order valence-electron chi connectivity index (χ3n) is 1.28. The van der Waals surface area contributed by atoms with E-state index >= 15 is 0 Å². The standard InChI is InChI=1S/C7H4F3NO2S/c1-2-3-11-5(7(8,9)10)4(14-3)6(12)13/h2H,1H2,(H,12,13). The van der Waals surface area contributed by atoms with E-state index in [1.165, 1.54) is 0 Å². The van der Waals surface area contributed by atoms with Gasteiger partial charge in [0.1, 0.15) is 9.88 Å². The van der Waals surface area contributed by atoms with Crippen molar-refractivity contribution in [2.24, 2.45) is 0 Å². The molecule has 0 radical (unpaired) electrons. The van der Waals surface area contributed by atoms with Crippen LogP contribution in [-0.4, -0.2) is 16.1 Å². The first-order valence-corrected chi connectivity index (χ1v) is 4.11. The Labute approximate surface area is 80.5 Å². The van der Waals surface area contributed by atoms with Crippen LogP contribution in [0.2, 0.25) is 0 Å². The van der Waals surface area contributed by atoms with Crippen LogP contribution in [0.1, 0.15) is 20.4 Å². The molecule has 1 rings (SSSR count). The van der Waals surface area contributed by atoms with E-state index in [2.05, 4.69) is 11.6 Å². The van der Waals surface area contributed by atoms with Gasteiger partial charge in [-0.15, -0.1) is 11.3 Å². The van der Waals surface area contributed by atoms with Crippen molar-refractivity contribution < 1.29 is 23.1 Å². The minimum Gasteiger partial charge on any atom is -0.477 e. The van der Waals surface area contributed by atoms with Crippen LogP contribution in [0.4, 0.5) is 13.2 Å². The highest BCUT2D eigenvalue weighted by atomic mass is 32.1. The molecule has 0 aliphatic rings. The lowest BCUT2D eigenvalue weighted by molar-refractivity contribution is -0.141. The summed E-state index contributed by atoms with van der Waals surface area (Å²) in [5.41, 5.74) is -1.37. The highest BCUT2D eigenvalue weighted by Gasteiger charge is 2.39. The number of halogens is 3. The van der Waals surface area contributed by atoms with E-state index in [9.17, 15) is 18.0 Å². The van der Waals surface area contributed by atoms with Crippen molar-refractivity contribution >= 4 is 23.4 Å². The number of thiazole rings is 1. The average Bonchev–Trinajstić information content (AvgIpc) is 2.46. The summed E-state index contributed by atoms with van der Waals surface area (Å²) < 4.78 is 36.6. The Bertz CT molecular complexity index is 383. The van der Waals surface area contributed by atoms with Crippen LogP contribution >= 0.6 is 11.3 Å². The van der Waals surface area contributed by atoms with Gasteiger partial charge in [-0.3, -0.25) is 0 Å². The minimum atomic E-state index is -4.74. The monoisotopic (exact) mass is 223 g/mol. The molecule has 14 heavy (non-hydrogen) atoms. The van der Waals surface area contributed by atoms with E-state index in [-0.39, 0.29) is 5.01 Å². The van der Waals surface area contributed by atoms with Crippen LogP contribution < -0.4 is 0 Å². The molecule has 0 saturated heterocycles. The van der Waals surface area contributed by atoms with E-state index in [0.717, 1.165) is 6.08 Å². The Balaban J connectivity index is 3.33. The predicted octanol–water partition coefficient (Wildman–Crippen LogP) is 2.50. The molecule has 1 N–H and O–H groups in total. The summed E-state index contributed by atoms with van der Waals surface area (Å²) in [6.07, 6.45) is -3.67. The van der Waals surface area contributed by atoms with Crippen LogP contribution in [0.25, 0.3) is 6.08 Å². The quantitative estimate of drug-likeness (QED) is 0.837. The van der Waals surface area contributed by atoms with Gasteiger partial charge >= 0.3 is 12.1 Å². The molecule has 76 valence electrons. The van der Waals surface area contributed by atoms with Gasteiger partial charge in [-0.1, -0.05) is 6.58 Å². The topological polar surface area (TPSA) is 50.2 Å². The molecule has 0 aliphatic heterocycles. The number of carboxylic acid groups (broad SMARTS) is 1. The Morgan fingerprint density at radius 2 is 2.14 bits per heavy atom.